The Morgan fingerprint density at radius 3 is 1.11 bits per heavy atom. The molecule has 1 rings (SSSR count). The Hall–Kier alpha value is -0.911. The van der Waals surface area contributed by atoms with Gasteiger partial charge in [-0.15, -0.1) is 0 Å². The van der Waals surface area contributed by atoms with Crippen molar-refractivity contribution in [2.24, 2.45) is 0 Å². The van der Waals surface area contributed by atoms with Gasteiger partial charge in [-0.1, -0.05) is 0 Å². The molecular formula is C20H28FeNO4P. The molecule has 0 atom stereocenters. The van der Waals surface area contributed by atoms with Crippen LogP contribution in [0.1, 0.15) is 55.4 Å². The maximum absolute atomic E-state index is 7.50. The summed E-state index contributed by atoms with van der Waals surface area (Å²) in [6, 6.07) is 1.02. The van der Waals surface area contributed by atoms with Crippen molar-refractivity contribution in [1.29, 1.82) is 0 Å². The molecule has 1 aliphatic heterocycles. The topological polar surface area (TPSA) is 82.8 Å². The molecule has 0 saturated carbocycles. The van der Waals surface area contributed by atoms with E-state index < -0.39 is 5.66 Å². The van der Waals surface area contributed by atoms with Crippen LogP contribution in [0.4, 0.5) is 0 Å². The predicted octanol–water partition coefficient (Wildman–Crippen LogP) is 5.51. The molecule has 7 heteroatoms. The van der Waals surface area contributed by atoms with Crippen LogP contribution in [0, 0.1) is 26.6 Å². The van der Waals surface area contributed by atoms with E-state index in [-0.39, 0.29) is 0 Å². The van der Waals surface area contributed by atoms with Crippen molar-refractivity contribution in [2.75, 3.05) is 0 Å². The molecule has 0 spiro atoms. The summed E-state index contributed by atoms with van der Waals surface area (Å²) in [6.07, 6.45) is 4.60. The number of nitrogens with zero attached hydrogens (tertiary/aromatic N) is 1. The van der Waals surface area contributed by atoms with Crippen LogP contribution in [-0.2, 0) is 33.7 Å². The van der Waals surface area contributed by atoms with E-state index >= 15 is 0 Å². The molecule has 0 bridgehead atoms. The molecule has 1 heterocycles. The molecule has 5 nitrogen and oxygen atoms in total. The molecule has 0 aromatic carbocycles. The molecule has 1 aliphatic rings. The fourth-order valence-electron chi connectivity index (χ4n) is 2.87. The summed E-state index contributed by atoms with van der Waals surface area (Å²) in [5, 5.41) is 2.93. The molecule has 0 amide bonds. The summed E-state index contributed by atoms with van der Waals surface area (Å²) >= 11 is 4.78. The second-order valence-corrected chi connectivity index (χ2v) is 10.9. The summed E-state index contributed by atoms with van der Waals surface area (Å²) in [7, 11) is 0. The van der Waals surface area contributed by atoms with Gasteiger partial charge in [-0.2, -0.15) is 0 Å². The summed E-state index contributed by atoms with van der Waals surface area (Å²) in [6.45, 7) is 36.0. The molecule has 0 saturated heterocycles. The van der Waals surface area contributed by atoms with E-state index in [1.165, 1.54) is 21.8 Å². The van der Waals surface area contributed by atoms with E-state index in [4.69, 9.17) is 33.7 Å². The van der Waals surface area contributed by atoms with Gasteiger partial charge in [0.2, 0.25) is 0 Å². The first kappa shape index (κ1) is 33.7. The zero-order valence-corrected chi connectivity index (χ0v) is 19.2. The molecule has 27 heavy (non-hydrogen) atoms. The van der Waals surface area contributed by atoms with E-state index in [1.54, 1.807) is 0 Å². The van der Waals surface area contributed by atoms with Crippen molar-refractivity contribution in [3.05, 3.63) is 60.5 Å². The minimum atomic E-state index is -1.64. The van der Waals surface area contributed by atoms with Gasteiger partial charge in [-0.25, -0.2) is 0 Å². The predicted molar refractivity (Wildman–Crippen MR) is 101 cm³/mol. The Labute approximate surface area is 172 Å². The van der Waals surface area contributed by atoms with Crippen LogP contribution in [-0.4, -0.2) is 16.8 Å². The SMILES string of the molecule is CC(C)=C1C=CC(=C(C)C)[P]1(=[Fe])N(C(C)C)C(C)C.[C-]#[O+].[C-]#[O+].[C-]#[O+].[C-]#[O+]. The third-order valence-electron chi connectivity index (χ3n) is 3.42. The molecule has 0 N–H and O–H groups in total. The van der Waals surface area contributed by atoms with E-state index in [9.17, 15) is 0 Å². The molecular weight excluding hydrogens is 405 g/mol. The van der Waals surface area contributed by atoms with E-state index in [1.807, 2.05) is 0 Å². The third-order valence-corrected chi connectivity index (χ3v) is 9.78. The van der Waals surface area contributed by atoms with E-state index in [0.29, 0.717) is 12.1 Å². The average molecular weight is 433 g/mol. The summed E-state index contributed by atoms with van der Waals surface area (Å²) in [4.78, 5) is 0. The van der Waals surface area contributed by atoms with Crippen LogP contribution in [0.2, 0.25) is 0 Å². The summed E-state index contributed by atoms with van der Waals surface area (Å²) < 4.78 is 32.6. The zero-order valence-electron chi connectivity index (χ0n) is 17.2. The van der Waals surface area contributed by atoms with E-state index in [2.05, 4.69) is 98.8 Å². The van der Waals surface area contributed by atoms with Crippen molar-refractivity contribution in [2.45, 2.75) is 67.5 Å². The first-order valence-electron chi connectivity index (χ1n) is 7.86. The van der Waals surface area contributed by atoms with E-state index in [0.717, 1.165) is 0 Å². The van der Waals surface area contributed by atoms with Crippen LogP contribution >= 0.6 is 5.66 Å². The Morgan fingerprint density at radius 1 is 0.741 bits per heavy atom. The Balaban J connectivity index is -0.000000292. The normalized spacial score (nSPS) is 13.0. The van der Waals surface area contributed by atoms with Gasteiger partial charge in [0.1, 0.15) is 0 Å². The van der Waals surface area contributed by atoms with Crippen LogP contribution in [0.5, 0.6) is 0 Å². The summed E-state index contributed by atoms with van der Waals surface area (Å²) in [5.74, 6) is 0. The molecule has 0 radical (unpaired) electrons. The molecule has 0 unspecified atom stereocenters. The second kappa shape index (κ2) is 18.5. The van der Waals surface area contributed by atoms with Gasteiger partial charge in [-0.3, -0.25) is 0 Å². The standard InChI is InChI=1S/C16H28NP.4CO.Fe/c1-11(2)15-9-10-16(12(3)4)18(15)17(13(5)6)14(7)8;4*1-2;/h9-10,13-14H,1-8H3;;;;;. The fourth-order valence-corrected chi connectivity index (χ4v) is 10.1. The third kappa shape index (κ3) is 9.22. The van der Waals surface area contributed by atoms with Gasteiger partial charge < -0.3 is 0 Å². The van der Waals surface area contributed by atoms with Crippen molar-refractivity contribution >= 4 is 5.66 Å². The zero-order chi connectivity index (χ0) is 23.0. The van der Waals surface area contributed by atoms with Crippen molar-refractivity contribution in [1.82, 2.24) is 4.67 Å². The van der Waals surface area contributed by atoms with Crippen molar-refractivity contribution < 1.29 is 33.7 Å². The number of hydrogen-bond acceptors (Lipinski definition) is 1. The van der Waals surface area contributed by atoms with Gasteiger partial charge in [-0.05, 0) is 0 Å². The molecule has 0 aromatic rings. The monoisotopic (exact) mass is 433 g/mol. The van der Waals surface area contributed by atoms with Gasteiger partial charge in [0.05, 0.1) is 0 Å². The van der Waals surface area contributed by atoms with Crippen LogP contribution in [0.25, 0.3) is 0 Å². The molecule has 150 valence electrons. The average Bonchev–Trinajstić information content (AvgIpc) is 2.99. The van der Waals surface area contributed by atoms with Crippen molar-refractivity contribution in [3.8, 4) is 0 Å². The van der Waals surface area contributed by atoms with Gasteiger partial charge in [0.25, 0.3) is 0 Å². The summed E-state index contributed by atoms with van der Waals surface area (Å²) in [5.41, 5.74) is 1.17. The Bertz CT molecular complexity index is 592. The fraction of sp³-hybridized carbons (Fsp3) is 0.500. The molecule has 0 fully saturated rings. The maximum atomic E-state index is 7.50. The number of hydrogen-bond donors (Lipinski definition) is 0. The van der Waals surface area contributed by atoms with Crippen molar-refractivity contribution in [3.63, 3.8) is 0 Å². The second-order valence-electron chi connectivity index (χ2n) is 6.21. The molecule has 0 aliphatic carbocycles. The van der Waals surface area contributed by atoms with Crippen LogP contribution in [0.3, 0.4) is 0 Å². The first-order valence-corrected chi connectivity index (χ1v) is 11.0. The van der Waals surface area contributed by atoms with Crippen LogP contribution in [0.15, 0.2) is 33.9 Å². The number of rotatable bonds is 3. The Kier molecular flexibility index (Phi) is 23.0. The minimum absolute atomic E-state index is 0.509. The van der Waals surface area contributed by atoms with Gasteiger partial charge in [0, 0.05) is 0 Å². The Morgan fingerprint density at radius 2 is 0.963 bits per heavy atom. The quantitative estimate of drug-likeness (QED) is 0.250. The van der Waals surface area contributed by atoms with Gasteiger partial charge >= 0.3 is 172 Å². The van der Waals surface area contributed by atoms with Gasteiger partial charge in [0.15, 0.2) is 0 Å². The first-order chi connectivity index (χ1) is 12.6. The van der Waals surface area contributed by atoms with Crippen LogP contribution < -0.4 is 0 Å². The molecule has 0 aromatic heterocycles. The number of allylic oxidation sites excluding steroid dienone is 6.